The molecule has 32 heavy (non-hydrogen) atoms. The largest absolute Gasteiger partial charge is 0.102 e. The fraction of sp³-hybridized carbons (Fsp3) is 0.0323. The summed E-state index contributed by atoms with van der Waals surface area (Å²) in [5, 5.41) is 7.51. The Bertz CT molecular complexity index is 1390. The van der Waals surface area contributed by atoms with E-state index in [1.165, 1.54) is 49.0 Å². The molecule has 0 aromatic heterocycles. The quantitative estimate of drug-likeness (QED) is 0.178. The van der Waals surface area contributed by atoms with Gasteiger partial charge in [0.1, 0.15) is 4.32 Å². The molecule has 6 aromatic carbocycles. The van der Waals surface area contributed by atoms with E-state index in [4.69, 9.17) is 0 Å². The van der Waals surface area contributed by atoms with Gasteiger partial charge in [0.15, 0.2) is 0 Å². The number of hydrogen-bond donors (Lipinski definition) is 0. The number of hydrogen-bond acceptors (Lipinski definition) is 0. The maximum Gasteiger partial charge on any atom is 0.102 e. The van der Waals surface area contributed by atoms with Gasteiger partial charge in [0.25, 0.3) is 0 Å². The van der Waals surface area contributed by atoms with Gasteiger partial charge in [-0.3, -0.25) is 0 Å². The molecule has 1 heteroatoms. The first-order valence-electron chi connectivity index (χ1n) is 10.9. The van der Waals surface area contributed by atoms with Crippen molar-refractivity contribution in [2.45, 2.75) is 4.32 Å². The first kappa shape index (κ1) is 19.3. The van der Waals surface area contributed by atoms with Crippen LogP contribution >= 0.6 is 15.9 Å². The van der Waals surface area contributed by atoms with Gasteiger partial charge in [-0.05, 0) is 49.0 Å². The highest BCUT2D eigenvalue weighted by Gasteiger charge is 2.37. The van der Waals surface area contributed by atoms with E-state index in [1.807, 2.05) is 0 Å². The van der Waals surface area contributed by atoms with Gasteiger partial charge in [-0.25, -0.2) is 0 Å². The Morgan fingerprint density at radius 3 is 0.969 bits per heavy atom. The maximum absolute atomic E-state index is 4.37. The van der Waals surface area contributed by atoms with E-state index in [9.17, 15) is 0 Å². The molecule has 0 bridgehead atoms. The lowest BCUT2D eigenvalue weighted by atomic mass is 9.79. The summed E-state index contributed by atoms with van der Waals surface area (Å²) < 4.78 is -0.518. The van der Waals surface area contributed by atoms with Crippen molar-refractivity contribution in [2.24, 2.45) is 0 Å². The second-order valence-corrected chi connectivity index (χ2v) is 9.43. The van der Waals surface area contributed by atoms with Crippen molar-refractivity contribution in [3.8, 4) is 0 Å². The van der Waals surface area contributed by atoms with E-state index in [-0.39, 0.29) is 0 Å². The van der Waals surface area contributed by atoms with Gasteiger partial charge in [0, 0.05) is 0 Å². The third-order valence-electron chi connectivity index (χ3n) is 6.48. The van der Waals surface area contributed by atoms with E-state index in [0.29, 0.717) is 0 Å². The van der Waals surface area contributed by atoms with Crippen molar-refractivity contribution < 1.29 is 0 Å². The van der Waals surface area contributed by atoms with E-state index >= 15 is 0 Å². The normalized spacial score (nSPS) is 11.9. The van der Waals surface area contributed by atoms with Crippen LogP contribution in [0.15, 0.2) is 127 Å². The number of fused-ring (bicyclic) bond motifs is 3. The van der Waals surface area contributed by atoms with Crippen LogP contribution in [-0.4, -0.2) is 0 Å². The summed E-state index contributed by atoms with van der Waals surface area (Å²) in [5.74, 6) is 0. The van der Waals surface area contributed by atoms with Gasteiger partial charge in [0.05, 0.1) is 0 Å². The zero-order chi connectivity index (χ0) is 21.5. The SMILES string of the molecule is BrC(c1cccc2ccccc12)(c1cccc2ccccc12)c1cccc2ccccc12. The monoisotopic (exact) mass is 472 g/mol. The van der Waals surface area contributed by atoms with Crippen LogP contribution in [0.3, 0.4) is 0 Å². The van der Waals surface area contributed by atoms with E-state index < -0.39 is 4.32 Å². The smallest absolute Gasteiger partial charge is 0.0695 e. The van der Waals surface area contributed by atoms with E-state index in [2.05, 4.69) is 143 Å². The predicted octanol–water partition coefficient (Wildman–Crippen LogP) is 8.83. The van der Waals surface area contributed by atoms with Crippen molar-refractivity contribution in [1.29, 1.82) is 0 Å². The molecular formula is C31H21Br. The highest BCUT2D eigenvalue weighted by Crippen LogP contribution is 2.51. The van der Waals surface area contributed by atoms with Gasteiger partial charge >= 0.3 is 0 Å². The van der Waals surface area contributed by atoms with Crippen LogP contribution in [0, 0.1) is 0 Å². The van der Waals surface area contributed by atoms with Gasteiger partial charge < -0.3 is 0 Å². The molecule has 152 valence electrons. The molecule has 0 heterocycles. The Kier molecular flexibility index (Phi) is 4.59. The first-order chi connectivity index (χ1) is 15.8. The highest BCUT2D eigenvalue weighted by atomic mass is 79.9. The topological polar surface area (TPSA) is 0 Å². The van der Waals surface area contributed by atoms with Crippen molar-refractivity contribution in [1.82, 2.24) is 0 Å². The van der Waals surface area contributed by atoms with Crippen molar-refractivity contribution in [3.05, 3.63) is 144 Å². The van der Waals surface area contributed by atoms with Gasteiger partial charge in [-0.2, -0.15) is 0 Å². The molecule has 6 aromatic rings. The summed E-state index contributed by atoms with van der Waals surface area (Å²) in [6.45, 7) is 0. The molecule has 0 saturated carbocycles. The lowest BCUT2D eigenvalue weighted by Gasteiger charge is -2.33. The van der Waals surface area contributed by atoms with Gasteiger partial charge in [0.2, 0.25) is 0 Å². The van der Waals surface area contributed by atoms with Crippen molar-refractivity contribution in [3.63, 3.8) is 0 Å². The fourth-order valence-corrected chi connectivity index (χ4v) is 6.05. The zero-order valence-corrected chi connectivity index (χ0v) is 19.1. The molecule has 0 aliphatic carbocycles. The molecule has 0 nitrogen and oxygen atoms in total. The minimum atomic E-state index is -0.518. The summed E-state index contributed by atoms with van der Waals surface area (Å²) in [5.41, 5.74) is 3.76. The Morgan fingerprint density at radius 1 is 0.344 bits per heavy atom. The molecule has 0 unspecified atom stereocenters. The second-order valence-electron chi connectivity index (χ2n) is 8.24. The second kappa shape index (κ2) is 7.62. The standard InChI is InChI=1S/C31H21Br/c32-31(28-19-7-13-22-10-1-4-16-25(22)28,29-20-8-14-23-11-2-5-17-26(23)29)30-21-9-15-24-12-3-6-18-27(24)30/h1-21H. The van der Waals surface area contributed by atoms with E-state index in [0.717, 1.165) is 0 Å². The summed E-state index contributed by atoms with van der Waals surface area (Å²) in [6, 6.07) is 45.9. The van der Waals surface area contributed by atoms with E-state index in [1.54, 1.807) is 0 Å². The molecule has 0 radical (unpaired) electrons. The lowest BCUT2D eigenvalue weighted by Crippen LogP contribution is -2.23. The summed E-state index contributed by atoms with van der Waals surface area (Å²) >= 11 is 4.37. The summed E-state index contributed by atoms with van der Waals surface area (Å²) in [4.78, 5) is 0. The van der Waals surface area contributed by atoms with Crippen molar-refractivity contribution in [2.75, 3.05) is 0 Å². The molecule has 0 amide bonds. The number of rotatable bonds is 3. The van der Waals surface area contributed by atoms with Crippen LogP contribution in [0.2, 0.25) is 0 Å². The number of benzene rings is 6. The third kappa shape index (κ3) is 2.89. The number of halogens is 1. The third-order valence-corrected chi connectivity index (χ3v) is 7.76. The van der Waals surface area contributed by atoms with Crippen LogP contribution in [0.4, 0.5) is 0 Å². The van der Waals surface area contributed by atoms with Crippen LogP contribution in [0.5, 0.6) is 0 Å². The summed E-state index contributed by atoms with van der Waals surface area (Å²) in [6.07, 6.45) is 0. The molecule has 0 atom stereocenters. The molecule has 0 aliphatic heterocycles. The Hall–Kier alpha value is -3.42. The zero-order valence-electron chi connectivity index (χ0n) is 17.5. The number of alkyl halides is 1. The van der Waals surface area contributed by atoms with Crippen molar-refractivity contribution >= 4 is 48.2 Å². The van der Waals surface area contributed by atoms with Crippen LogP contribution in [0.25, 0.3) is 32.3 Å². The Morgan fingerprint density at radius 2 is 0.625 bits per heavy atom. The molecule has 0 fully saturated rings. The Balaban J connectivity index is 1.81. The van der Waals surface area contributed by atoms with Gasteiger partial charge in [-0.15, -0.1) is 0 Å². The average Bonchev–Trinajstić information content (AvgIpc) is 2.87. The fourth-order valence-electron chi connectivity index (χ4n) is 5.01. The molecule has 0 spiro atoms. The van der Waals surface area contributed by atoms with Crippen LogP contribution < -0.4 is 0 Å². The molecule has 0 N–H and O–H groups in total. The minimum Gasteiger partial charge on any atom is -0.0695 e. The van der Waals surface area contributed by atoms with Crippen LogP contribution in [0.1, 0.15) is 16.7 Å². The molecule has 6 rings (SSSR count). The average molecular weight is 473 g/mol. The summed E-state index contributed by atoms with van der Waals surface area (Å²) in [7, 11) is 0. The first-order valence-corrected chi connectivity index (χ1v) is 11.7. The van der Waals surface area contributed by atoms with Crippen LogP contribution in [-0.2, 0) is 4.32 Å². The maximum atomic E-state index is 4.37. The Labute approximate surface area is 196 Å². The molecular weight excluding hydrogens is 452 g/mol. The lowest BCUT2D eigenvalue weighted by molar-refractivity contribution is 0.950. The molecule has 0 saturated heterocycles. The highest BCUT2D eigenvalue weighted by molar-refractivity contribution is 9.10. The van der Waals surface area contributed by atoms with Gasteiger partial charge in [-0.1, -0.05) is 143 Å². The minimum absolute atomic E-state index is 0.518. The predicted molar refractivity (Wildman–Crippen MR) is 141 cm³/mol. The molecule has 0 aliphatic rings.